The van der Waals surface area contributed by atoms with Crippen molar-refractivity contribution in [3.63, 3.8) is 0 Å². The predicted octanol–water partition coefficient (Wildman–Crippen LogP) is 1.88. The maximum atomic E-state index is 4.78. The van der Waals surface area contributed by atoms with Crippen molar-refractivity contribution in [2.45, 2.75) is 20.8 Å². The fourth-order valence-electron chi connectivity index (χ4n) is 0.361. The van der Waals surface area contributed by atoms with Crippen LogP contribution in [0.1, 0.15) is 18.9 Å². The van der Waals surface area contributed by atoms with Crippen LogP contribution in [-0.2, 0) is 0 Å². The first-order chi connectivity index (χ1) is 4.83. The Hall–Kier alpha value is -0.640. The molecule has 0 bridgehead atoms. The van der Waals surface area contributed by atoms with Crippen LogP contribution >= 0.6 is 11.3 Å². The first kappa shape index (κ1) is 9.36. The zero-order valence-corrected chi connectivity index (χ0v) is 7.53. The Morgan fingerprint density at radius 1 is 1.30 bits per heavy atom. The van der Waals surface area contributed by atoms with Crippen molar-refractivity contribution < 1.29 is 4.74 Å². The molecule has 0 saturated heterocycles. The van der Waals surface area contributed by atoms with Crippen molar-refractivity contribution in [3.8, 4) is 5.19 Å². The predicted molar refractivity (Wildman–Crippen MR) is 42.5 cm³/mol. The molecule has 0 aromatic carbocycles. The van der Waals surface area contributed by atoms with Crippen LogP contribution in [0.2, 0.25) is 0 Å². The third-order valence-corrected chi connectivity index (χ3v) is 1.48. The van der Waals surface area contributed by atoms with Crippen LogP contribution in [0.4, 0.5) is 0 Å². The van der Waals surface area contributed by atoms with Crippen LogP contribution in [0.15, 0.2) is 0 Å². The molecule has 4 heteroatoms. The Bertz CT molecular complexity index is 176. The average Bonchev–Trinajstić information content (AvgIpc) is 2.40. The van der Waals surface area contributed by atoms with Gasteiger partial charge in [-0.1, -0.05) is 25.2 Å². The number of hydrogen-bond donors (Lipinski definition) is 0. The molecule has 1 heterocycles. The summed E-state index contributed by atoms with van der Waals surface area (Å²) in [5.41, 5.74) is 0. The van der Waals surface area contributed by atoms with Crippen molar-refractivity contribution in [1.29, 1.82) is 0 Å². The monoisotopic (exact) mass is 160 g/mol. The Balaban J connectivity index is 0.000000371. The molecule has 0 amide bonds. The van der Waals surface area contributed by atoms with Gasteiger partial charge in [-0.2, -0.15) is 0 Å². The van der Waals surface area contributed by atoms with Gasteiger partial charge in [-0.25, -0.2) is 0 Å². The second kappa shape index (κ2) is 5.17. The lowest BCUT2D eigenvalue weighted by molar-refractivity contribution is 0.407. The summed E-state index contributed by atoms with van der Waals surface area (Å²) in [6, 6.07) is 0. The zero-order valence-electron chi connectivity index (χ0n) is 6.71. The average molecular weight is 160 g/mol. The molecule has 3 nitrogen and oxygen atoms in total. The number of nitrogens with zero attached hydrogens (tertiary/aromatic N) is 2. The summed E-state index contributed by atoms with van der Waals surface area (Å²) >= 11 is 1.44. The molecule has 10 heavy (non-hydrogen) atoms. The van der Waals surface area contributed by atoms with Gasteiger partial charge in [0.25, 0.3) is 5.19 Å². The number of ether oxygens (including phenoxy) is 1. The molecule has 0 radical (unpaired) electrons. The maximum Gasteiger partial charge on any atom is 0.293 e. The molecule has 0 aliphatic rings. The van der Waals surface area contributed by atoms with Crippen molar-refractivity contribution >= 4 is 11.3 Å². The minimum Gasteiger partial charge on any atom is -0.472 e. The molecule has 0 aliphatic heterocycles. The first-order valence-electron chi connectivity index (χ1n) is 3.17. The smallest absolute Gasteiger partial charge is 0.293 e. The molecular formula is C6H12N2OS. The summed E-state index contributed by atoms with van der Waals surface area (Å²) in [4.78, 5) is 0. The molecule has 0 aliphatic carbocycles. The normalized spacial score (nSPS) is 8.00. The van der Waals surface area contributed by atoms with Gasteiger partial charge in [0, 0.05) is 0 Å². The van der Waals surface area contributed by atoms with Gasteiger partial charge in [-0.05, 0) is 6.92 Å². The van der Waals surface area contributed by atoms with Gasteiger partial charge >= 0.3 is 0 Å². The lowest BCUT2D eigenvalue weighted by Gasteiger charge is -1.83. The van der Waals surface area contributed by atoms with E-state index in [1.54, 1.807) is 7.11 Å². The highest BCUT2D eigenvalue weighted by Gasteiger charge is 1.94. The minimum atomic E-state index is 0.627. The molecule has 1 aromatic rings. The van der Waals surface area contributed by atoms with Gasteiger partial charge in [0.1, 0.15) is 5.01 Å². The van der Waals surface area contributed by atoms with E-state index >= 15 is 0 Å². The third-order valence-electron chi connectivity index (χ3n) is 0.682. The highest BCUT2D eigenvalue weighted by Crippen LogP contribution is 2.14. The van der Waals surface area contributed by atoms with Gasteiger partial charge in [0.15, 0.2) is 0 Å². The fourth-order valence-corrected chi connectivity index (χ4v) is 0.860. The quantitative estimate of drug-likeness (QED) is 0.629. The molecule has 1 rings (SSSR count). The van der Waals surface area contributed by atoms with Crippen LogP contribution in [0.3, 0.4) is 0 Å². The molecule has 0 atom stereocenters. The zero-order chi connectivity index (χ0) is 7.98. The van der Waals surface area contributed by atoms with E-state index in [-0.39, 0.29) is 0 Å². The van der Waals surface area contributed by atoms with Crippen LogP contribution in [0.25, 0.3) is 0 Å². The van der Waals surface area contributed by atoms with E-state index in [1.807, 2.05) is 20.8 Å². The fraction of sp³-hybridized carbons (Fsp3) is 0.667. The summed E-state index contributed by atoms with van der Waals surface area (Å²) in [6.45, 7) is 5.89. The van der Waals surface area contributed by atoms with E-state index in [2.05, 4.69) is 10.2 Å². The van der Waals surface area contributed by atoms with E-state index < -0.39 is 0 Å². The summed E-state index contributed by atoms with van der Waals surface area (Å²) < 4.78 is 4.78. The standard InChI is InChI=1S/C4H6N2OS.C2H6/c1-3-5-6-4(7-2)8-3;1-2/h1-2H3;1-2H3. The Morgan fingerprint density at radius 3 is 2.10 bits per heavy atom. The number of rotatable bonds is 1. The molecule has 0 spiro atoms. The Morgan fingerprint density at radius 2 is 1.90 bits per heavy atom. The van der Waals surface area contributed by atoms with Crippen LogP contribution in [0, 0.1) is 6.92 Å². The lowest BCUT2D eigenvalue weighted by atomic mass is 10.9. The van der Waals surface area contributed by atoms with Gasteiger partial charge in [0.05, 0.1) is 7.11 Å². The summed E-state index contributed by atoms with van der Waals surface area (Å²) in [6.07, 6.45) is 0. The molecule has 0 N–H and O–H groups in total. The molecule has 1 aromatic heterocycles. The third kappa shape index (κ3) is 2.77. The molecule has 0 fully saturated rings. The molecule has 58 valence electrons. The Labute approximate surface area is 65.1 Å². The van der Waals surface area contributed by atoms with E-state index in [9.17, 15) is 0 Å². The second-order valence-corrected chi connectivity index (χ2v) is 2.44. The SMILES string of the molecule is CC.COc1nnc(C)s1. The van der Waals surface area contributed by atoms with Gasteiger partial charge in [-0.3, -0.25) is 0 Å². The van der Waals surface area contributed by atoms with Gasteiger partial charge in [-0.15, -0.1) is 10.2 Å². The number of aryl methyl sites for hydroxylation is 1. The topological polar surface area (TPSA) is 35.0 Å². The van der Waals surface area contributed by atoms with Crippen LogP contribution in [-0.4, -0.2) is 17.3 Å². The Kier molecular flexibility index (Phi) is 4.84. The minimum absolute atomic E-state index is 0.627. The maximum absolute atomic E-state index is 4.78. The summed E-state index contributed by atoms with van der Waals surface area (Å²) in [5, 5.41) is 8.97. The summed E-state index contributed by atoms with van der Waals surface area (Å²) in [5.74, 6) is 0. The van der Waals surface area contributed by atoms with Gasteiger partial charge in [0.2, 0.25) is 0 Å². The number of hydrogen-bond acceptors (Lipinski definition) is 4. The van der Waals surface area contributed by atoms with Gasteiger partial charge < -0.3 is 4.74 Å². The van der Waals surface area contributed by atoms with E-state index in [1.165, 1.54) is 11.3 Å². The van der Waals surface area contributed by atoms with Crippen LogP contribution in [0.5, 0.6) is 5.19 Å². The van der Waals surface area contributed by atoms with Crippen molar-refractivity contribution in [3.05, 3.63) is 5.01 Å². The highest BCUT2D eigenvalue weighted by molar-refractivity contribution is 7.12. The number of aromatic nitrogens is 2. The summed E-state index contributed by atoms with van der Waals surface area (Å²) in [7, 11) is 1.58. The van der Waals surface area contributed by atoms with E-state index in [0.29, 0.717) is 5.19 Å². The molecule has 0 saturated carbocycles. The van der Waals surface area contributed by atoms with Crippen LogP contribution < -0.4 is 4.74 Å². The number of methoxy groups -OCH3 is 1. The van der Waals surface area contributed by atoms with Crippen molar-refractivity contribution in [2.24, 2.45) is 0 Å². The van der Waals surface area contributed by atoms with E-state index in [4.69, 9.17) is 4.74 Å². The largest absolute Gasteiger partial charge is 0.472 e. The molecule has 0 unspecified atom stereocenters. The lowest BCUT2D eigenvalue weighted by Crippen LogP contribution is -1.78. The molecular weight excluding hydrogens is 148 g/mol. The van der Waals surface area contributed by atoms with E-state index in [0.717, 1.165) is 5.01 Å². The second-order valence-electron chi connectivity index (χ2n) is 1.29. The highest BCUT2D eigenvalue weighted by atomic mass is 32.1. The first-order valence-corrected chi connectivity index (χ1v) is 3.98. The van der Waals surface area contributed by atoms with Crippen molar-refractivity contribution in [1.82, 2.24) is 10.2 Å². The van der Waals surface area contributed by atoms with Crippen molar-refractivity contribution in [2.75, 3.05) is 7.11 Å².